The van der Waals surface area contributed by atoms with Crippen LogP contribution in [-0.4, -0.2) is 63.7 Å². The SMILES string of the molecule is COc1ccc([Si](C)(C)[C@@H]2[C@@H](CCn3cc(CCO)nn3)O[C@]3(C(=O)N(Cc4ccc(-n5[nH]c6ccccc6c5=O)cc4)c4ccc(Br)cc43)[C@H]2C)cc1. The summed E-state index contributed by atoms with van der Waals surface area (Å²) in [5.41, 5.74) is 3.61. The molecule has 2 aromatic heterocycles. The molecule has 8 rings (SSSR count). The number of hydrogen-bond acceptors (Lipinski definition) is 7. The lowest BCUT2D eigenvalue weighted by atomic mass is 9.82. The second-order valence-corrected chi connectivity index (χ2v) is 20.5. The summed E-state index contributed by atoms with van der Waals surface area (Å²) in [6.45, 7) is 7.85. The van der Waals surface area contributed by atoms with Gasteiger partial charge in [0, 0.05) is 41.7 Å². The molecule has 278 valence electrons. The number of rotatable bonds is 11. The molecule has 1 saturated heterocycles. The molecule has 4 heterocycles. The molecule has 11 nitrogen and oxygen atoms in total. The first-order valence-electron chi connectivity index (χ1n) is 18.3. The highest BCUT2D eigenvalue weighted by Crippen LogP contribution is 2.60. The quantitative estimate of drug-likeness (QED) is 0.152. The molecule has 4 aromatic carbocycles. The number of carbonyl (C=O) groups is 1. The lowest BCUT2D eigenvalue weighted by Gasteiger charge is -2.37. The van der Waals surface area contributed by atoms with E-state index in [1.165, 1.54) is 5.19 Å². The second-order valence-electron chi connectivity index (χ2n) is 14.9. The van der Waals surface area contributed by atoms with E-state index >= 15 is 4.79 Å². The van der Waals surface area contributed by atoms with Crippen LogP contribution in [0.15, 0.2) is 106 Å². The van der Waals surface area contributed by atoms with E-state index in [1.54, 1.807) is 11.8 Å². The number of fused-ring (bicyclic) bond motifs is 3. The largest absolute Gasteiger partial charge is 0.497 e. The van der Waals surface area contributed by atoms with Gasteiger partial charge >= 0.3 is 0 Å². The van der Waals surface area contributed by atoms with Crippen LogP contribution in [0.25, 0.3) is 16.6 Å². The average molecular weight is 808 g/mol. The number of aromatic nitrogens is 5. The van der Waals surface area contributed by atoms with Gasteiger partial charge in [0.15, 0.2) is 5.60 Å². The van der Waals surface area contributed by atoms with E-state index < -0.39 is 13.7 Å². The Balaban J connectivity index is 1.14. The molecule has 0 unspecified atom stereocenters. The maximum absolute atomic E-state index is 15.2. The molecule has 13 heteroatoms. The van der Waals surface area contributed by atoms with E-state index in [4.69, 9.17) is 9.47 Å². The number of carbonyl (C=O) groups excluding carboxylic acids is 1. The van der Waals surface area contributed by atoms with Gasteiger partial charge in [0.2, 0.25) is 0 Å². The summed E-state index contributed by atoms with van der Waals surface area (Å²) in [6.07, 6.45) is 2.70. The Bertz CT molecular complexity index is 2390. The number of aromatic amines is 1. The zero-order valence-corrected chi connectivity index (χ0v) is 33.3. The van der Waals surface area contributed by atoms with Crippen LogP contribution < -0.4 is 20.4 Å². The summed E-state index contributed by atoms with van der Waals surface area (Å²) < 4.78 is 17.0. The van der Waals surface area contributed by atoms with Crippen LogP contribution >= 0.6 is 15.9 Å². The van der Waals surface area contributed by atoms with Crippen molar-refractivity contribution in [2.75, 3.05) is 18.6 Å². The minimum absolute atomic E-state index is 0.00995. The number of nitrogens with one attached hydrogen (secondary N) is 1. The van der Waals surface area contributed by atoms with Gasteiger partial charge < -0.3 is 19.5 Å². The van der Waals surface area contributed by atoms with Crippen LogP contribution in [0, 0.1) is 5.92 Å². The number of aliphatic hydroxyl groups is 1. The summed E-state index contributed by atoms with van der Waals surface area (Å²) in [5, 5.41) is 23.1. The molecule has 2 N–H and O–H groups in total. The Morgan fingerprint density at radius 3 is 2.50 bits per heavy atom. The van der Waals surface area contributed by atoms with Gasteiger partial charge in [0.1, 0.15) is 5.75 Å². The van der Waals surface area contributed by atoms with E-state index in [0.29, 0.717) is 37.0 Å². The normalized spacial score (nSPS) is 21.0. The first-order valence-corrected chi connectivity index (χ1v) is 22.2. The third kappa shape index (κ3) is 6.03. The number of methoxy groups -OCH3 is 1. The highest BCUT2D eigenvalue weighted by molar-refractivity contribution is 9.10. The summed E-state index contributed by atoms with van der Waals surface area (Å²) in [7, 11) is -0.663. The molecular formula is C41H43BrN6O5Si. The number of ether oxygens (including phenoxy) is 2. The summed E-state index contributed by atoms with van der Waals surface area (Å²) >= 11 is 3.71. The molecule has 0 saturated carbocycles. The van der Waals surface area contributed by atoms with E-state index in [1.807, 2.05) is 88.6 Å². The van der Waals surface area contributed by atoms with E-state index in [2.05, 4.69) is 69.6 Å². The van der Waals surface area contributed by atoms with Crippen molar-refractivity contribution in [1.82, 2.24) is 24.8 Å². The van der Waals surface area contributed by atoms with Crippen LogP contribution in [0.1, 0.15) is 30.2 Å². The van der Waals surface area contributed by atoms with Gasteiger partial charge in [-0.1, -0.05) is 82.7 Å². The fraction of sp³-hybridized carbons (Fsp3) is 0.317. The maximum Gasteiger partial charge on any atom is 0.279 e. The predicted molar refractivity (Wildman–Crippen MR) is 214 cm³/mol. The van der Waals surface area contributed by atoms with Crippen molar-refractivity contribution in [3.63, 3.8) is 0 Å². The summed E-state index contributed by atoms with van der Waals surface area (Å²) in [6, 6.07) is 29.6. The Morgan fingerprint density at radius 1 is 1.02 bits per heavy atom. The molecule has 0 aliphatic carbocycles. The number of hydrogen-bond donors (Lipinski definition) is 2. The number of benzene rings is 4. The van der Waals surface area contributed by atoms with Crippen molar-refractivity contribution in [2.24, 2.45) is 5.92 Å². The maximum atomic E-state index is 15.2. The van der Waals surface area contributed by atoms with Crippen LogP contribution in [-0.2, 0) is 34.6 Å². The van der Waals surface area contributed by atoms with Crippen LogP contribution in [0.4, 0.5) is 5.69 Å². The zero-order chi connectivity index (χ0) is 37.8. The van der Waals surface area contributed by atoms with E-state index in [-0.39, 0.29) is 35.6 Å². The average Bonchev–Trinajstić information content (AvgIpc) is 3.91. The van der Waals surface area contributed by atoms with E-state index in [0.717, 1.165) is 38.2 Å². The van der Waals surface area contributed by atoms with Crippen LogP contribution in [0.5, 0.6) is 5.75 Å². The monoisotopic (exact) mass is 806 g/mol. The first-order chi connectivity index (χ1) is 26.0. The molecule has 54 heavy (non-hydrogen) atoms. The fourth-order valence-corrected chi connectivity index (χ4v) is 13.2. The number of para-hydroxylation sites is 1. The van der Waals surface area contributed by atoms with Crippen molar-refractivity contribution < 1.29 is 19.4 Å². The standard InChI is InChI=1S/C41H43BrN6O5Si/c1-26-38(54(3,4)32-16-14-31(52-2)15-17-32)37(19-21-46-25-29(20-22-49)43-45-46)53-41(26)34-23-28(42)11-18-36(34)47(40(41)51)24-27-9-12-30(13-10-27)48-39(50)33-7-5-6-8-35(33)44-48/h5-18,23,25-26,37-38,44,49H,19-22,24H2,1-4H3/t26-,37+,38-,41+/m0/s1. The third-order valence-corrected chi connectivity index (χ3v) is 16.4. The number of nitrogens with zero attached hydrogens (tertiary/aromatic N) is 5. The highest BCUT2D eigenvalue weighted by Gasteiger charge is 2.66. The minimum Gasteiger partial charge on any atom is -0.497 e. The summed E-state index contributed by atoms with van der Waals surface area (Å²) in [4.78, 5) is 30.2. The van der Waals surface area contributed by atoms with E-state index in [9.17, 15) is 9.90 Å². The van der Waals surface area contributed by atoms with Gasteiger partial charge in [-0.3, -0.25) is 19.4 Å². The number of anilines is 1. The van der Waals surface area contributed by atoms with Crippen LogP contribution in [0.3, 0.4) is 0 Å². The summed E-state index contributed by atoms with van der Waals surface area (Å²) in [5.74, 6) is 0.574. The zero-order valence-electron chi connectivity index (χ0n) is 30.7. The van der Waals surface area contributed by atoms with Gasteiger partial charge in [-0.25, -0.2) is 4.68 Å². The number of amides is 1. The highest BCUT2D eigenvalue weighted by atomic mass is 79.9. The predicted octanol–water partition coefficient (Wildman–Crippen LogP) is 6.07. The second kappa shape index (κ2) is 14.1. The van der Waals surface area contributed by atoms with Gasteiger partial charge in [0.05, 0.1) is 55.8 Å². The molecule has 0 radical (unpaired) electrons. The molecule has 0 bridgehead atoms. The van der Waals surface area contributed by atoms with Gasteiger partial charge in [-0.15, -0.1) is 5.10 Å². The Kier molecular flexibility index (Phi) is 9.45. The van der Waals surface area contributed by atoms with Gasteiger partial charge in [-0.05, 0) is 72.1 Å². The van der Waals surface area contributed by atoms with Crippen molar-refractivity contribution in [3.05, 3.63) is 129 Å². The van der Waals surface area contributed by atoms with Crippen molar-refractivity contribution in [2.45, 2.75) is 63.2 Å². The molecule has 1 amide bonds. The molecule has 6 aromatic rings. The molecular weight excluding hydrogens is 764 g/mol. The topological polar surface area (TPSA) is 127 Å². The van der Waals surface area contributed by atoms with Gasteiger partial charge in [0.25, 0.3) is 11.5 Å². The number of H-pyrrole nitrogens is 1. The van der Waals surface area contributed by atoms with Crippen LogP contribution in [0.2, 0.25) is 18.6 Å². The first kappa shape index (κ1) is 36.2. The molecule has 4 atom stereocenters. The molecule has 2 aliphatic rings. The van der Waals surface area contributed by atoms with Gasteiger partial charge in [-0.2, -0.15) is 0 Å². The number of aryl methyl sites for hydroxylation is 1. The minimum atomic E-state index is -2.34. The molecule has 1 spiro atoms. The lowest BCUT2D eigenvalue weighted by Crippen LogP contribution is -2.51. The lowest BCUT2D eigenvalue weighted by molar-refractivity contribution is -0.146. The number of halogens is 1. The number of aliphatic hydroxyl groups excluding tert-OH is 1. The van der Waals surface area contributed by atoms with Crippen molar-refractivity contribution in [1.29, 1.82) is 0 Å². The third-order valence-electron chi connectivity index (χ3n) is 11.5. The molecule has 1 fully saturated rings. The van der Waals surface area contributed by atoms with Crippen molar-refractivity contribution in [3.8, 4) is 11.4 Å². The fourth-order valence-electron chi connectivity index (χ4n) is 8.82. The Hall–Kier alpha value is -4.82. The van der Waals surface area contributed by atoms with Crippen molar-refractivity contribution >= 4 is 51.7 Å². The Labute approximate surface area is 322 Å². The smallest absolute Gasteiger partial charge is 0.279 e. The Morgan fingerprint density at radius 2 is 1.78 bits per heavy atom. The molecule has 2 aliphatic heterocycles.